The first kappa shape index (κ1) is 21.1. The number of aryl methyl sites for hydroxylation is 1. The Morgan fingerprint density at radius 1 is 1.07 bits per heavy atom. The van der Waals surface area contributed by atoms with E-state index in [0.717, 1.165) is 42.4 Å². The predicted octanol–water partition coefficient (Wildman–Crippen LogP) is 3.66. The average Bonchev–Trinajstić information content (AvgIpc) is 3.13. The number of sulfonamides is 1. The molecule has 30 heavy (non-hydrogen) atoms. The topological polar surface area (TPSA) is 78.4 Å². The number of hydrogen-bond donors (Lipinski definition) is 1. The number of hydrogen-bond acceptors (Lipinski definition) is 6. The Bertz CT molecular complexity index is 1000. The number of piperidine rings is 1. The van der Waals surface area contributed by atoms with E-state index in [1.807, 2.05) is 19.1 Å². The molecule has 0 saturated carbocycles. The van der Waals surface area contributed by atoms with Crippen molar-refractivity contribution in [3.05, 3.63) is 41.6 Å². The zero-order chi connectivity index (χ0) is 21.3. The Labute approximate surface area is 179 Å². The first-order chi connectivity index (χ1) is 14.3. The molecule has 0 radical (unpaired) electrons. The van der Waals surface area contributed by atoms with Gasteiger partial charge >= 0.3 is 0 Å². The van der Waals surface area contributed by atoms with E-state index in [2.05, 4.69) is 34.3 Å². The maximum atomic E-state index is 11.9. The molecule has 2 aromatic heterocycles. The van der Waals surface area contributed by atoms with E-state index in [1.54, 1.807) is 10.5 Å². The Morgan fingerprint density at radius 3 is 2.47 bits per heavy atom. The molecular weight excluding hydrogens is 398 g/mol. The van der Waals surface area contributed by atoms with Crippen molar-refractivity contribution >= 4 is 27.5 Å². The van der Waals surface area contributed by atoms with E-state index in [4.69, 9.17) is 4.98 Å². The van der Waals surface area contributed by atoms with Gasteiger partial charge in [0.2, 0.25) is 10.0 Å². The molecular formula is C22H31N5O2S. The predicted molar refractivity (Wildman–Crippen MR) is 121 cm³/mol. The Hall–Kier alpha value is -2.19. The van der Waals surface area contributed by atoms with Crippen LogP contribution in [0.4, 0.5) is 17.5 Å². The van der Waals surface area contributed by atoms with Gasteiger partial charge in [-0.1, -0.05) is 0 Å². The van der Waals surface area contributed by atoms with Crippen molar-refractivity contribution in [1.82, 2.24) is 14.3 Å². The SMILES string of the molecule is Cc1ccnc(Nc2cc(C3CCN(S(C)(=O)=O)CC3)cc(N3CCCC3C)n2)c1. The lowest BCUT2D eigenvalue weighted by molar-refractivity contribution is 0.321. The van der Waals surface area contributed by atoms with Gasteiger partial charge in [-0.05, 0) is 80.8 Å². The molecule has 7 nitrogen and oxygen atoms in total. The second kappa shape index (κ2) is 8.51. The van der Waals surface area contributed by atoms with Crippen molar-refractivity contribution in [1.29, 1.82) is 0 Å². The Kier molecular flexibility index (Phi) is 5.97. The monoisotopic (exact) mass is 429 g/mol. The van der Waals surface area contributed by atoms with Crippen LogP contribution in [0.1, 0.15) is 49.7 Å². The molecule has 2 saturated heterocycles. The molecule has 2 aliphatic heterocycles. The van der Waals surface area contributed by atoms with E-state index in [1.165, 1.54) is 24.7 Å². The molecule has 162 valence electrons. The number of aromatic nitrogens is 2. The zero-order valence-corrected chi connectivity index (χ0v) is 18.8. The normalized spacial score (nSPS) is 21.2. The van der Waals surface area contributed by atoms with Crippen molar-refractivity contribution in [2.24, 2.45) is 0 Å². The van der Waals surface area contributed by atoms with E-state index >= 15 is 0 Å². The van der Waals surface area contributed by atoms with E-state index in [9.17, 15) is 8.42 Å². The molecule has 0 bridgehead atoms. The standard InChI is InChI=1S/C22H31N5O2S/c1-16-6-9-23-20(13-16)24-21-14-19(15-22(25-21)27-10-4-5-17(27)2)18-7-11-26(12-8-18)30(3,28)29/h6,9,13-15,17-18H,4-5,7-8,10-12H2,1-3H3,(H,23,24,25). The second-order valence-corrected chi connectivity index (χ2v) is 10.6. The van der Waals surface area contributed by atoms with Crippen LogP contribution >= 0.6 is 0 Å². The molecule has 0 spiro atoms. The smallest absolute Gasteiger partial charge is 0.211 e. The molecule has 1 N–H and O–H groups in total. The van der Waals surface area contributed by atoms with Crippen LogP contribution in [-0.2, 0) is 10.0 Å². The minimum atomic E-state index is -3.12. The number of pyridine rings is 2. The van der Waals surface area contributed by atoms with E-state index in [0.29, 0.717) is 25.0 Å². The quantitative estimate of drug-likeness (QED) is 0.782. The molecule has 0 aliphatic carbocycles. The summed E-state index contributed by atoms with van der Waals surface area (Å²) in [5.41, 5.74) is 2.37. The maximum Gasteiger partial charge on any atom is 0.211 e. The lowest BCUT2D eigenvalue weighted by Gasteiger charge is -2.31. The van der Waals surface area contributed by atoms with Gasteiger partial charge in [0.15, 0.2) is 0 Å². The highest BCUT2D eigenvalue weighted by molar-refractivity contribution is 7.88. The fraction of sp³-hybridized carbons (Fsp3) is 0.545. The van der Waals surface area contributed by atoms with Crippen LogP contribution in [0, 0.1) is 6.92 Å². The van der Waals surface area contributed by atoms with Crippen molar-refractivity contribution in [2.45, 2.75) is 51.5 Å². The molecule has 0 aromatic carbocycles. The second-order valence-electron chi connectivity index (χ2n) is 8.61. The average molecular weight is 430 g/mol. The van der Waals surface area contributed by atoms with E-state index < -0.39 is 10.0 Å². The summed E-state index contributed by atoms with van der Waals surface area (Å²) in [5.74, 6) is 2.91. The molecule has 2 aromatic rings. The van der Waals surface area contributed by atoms with Gasteiger partial charge in [-0.15, -0.1) is 0 Å². The minimum Gasteiger partial charge on any atom is -0.354 e. The lowest BCUT2D eigenvalue weighted by Crippen LogP contribution is -2.37. The fourth-order valence-electron chi connectivity index (χ4n) is 4.51. The van der Waals surface area contributed by atoms with Gasteiger partial charge in [-0.25, -0.2) is 22.7 Å². The van der Waals surface area contributed by atoms with Crippen LogP contribution < -0.4 is 10.2 Å². The highest BCUT2D eigenvalue weighted by atomic mass is 32.2. The highest BCUT2D eigenvalue weighted by Gasteiger charge is 2.28. The summed E-state index contributed by atoms with van der Waals surface area (Å²) in [4.78, 5) is 11.7. The third-order valence-corrected chi connectivity index (χ3v) is 7.55. The number of nitrogens with one attached hydrogen (secondary N) is 1. The molecule has 2 fully saturated rings. The first-order valence-corrected chi connectivity index (χ1v) is 12.6. The maximum absolute atomic E-state index is 11.9. The molecule has 4 heterocycles. The Morgan fingerprint density at radius 2 is 1.83 bits per heavy atom. The van der Waals surface area contributed by atoms with Crippen LogP contribution in [0.3, 0.4) is 0 Å². The van der Waals surface area contributed by atoms with Crippen molar-refractivity contribution in [3.63, 3.8) is 0 Å². The van der Waals surface area contributed by atoms with Crippen molar-refractivity contribution in [3.8, 4) is 0 Å². The minimum absolute atomic E-state index is 0.327. The van der Waals surface area contributed by atoms with Gasteiger partial charge in [0.25, 0.3) is 0 Å². The Balaban J connectivity index is 1.62. The summed E-state index contributed by atoms with van der Waals surface area (Å²) in [7, 11) is -3.12. The van der Waals surface area contributed by atoms with Crippen LogP contribution in [-0.4, -0.2) is 54.6 Å². The number of anilines is 3. The van der Waals surface area contributed by atoms with Crippen molar-refractivity contribution in [2.75, 3.05) is 36.1 Å². The first-order valence-electron chi connectivity index (χ1n) is 10.7. The molecule has 1 unspecified atom stereocenters. The van der Waals surface area contributed by atoms with Gasteiger partial charge in [0, 0.05) is 31.9 Å². The van der Waals surface area contributed by atoms with Gasteiger partial charge in [0.05, 0.1) is 6.26 Å². The molecule has 0 amide bonds. The van der Waals surface area contributed by atoms with Crippen LogP contribution in [0.5, 0.6) is 0 Å². The zero-order valence-electron chi connectivity index (χ0n) is 18.0. The van der Waals surface area contributed by atoms with Gasteiger partial charge < -0.3 is 10.2 Å². The molecule has 2 aliphatic rings. The van der Waals surface area contributed by atoms with Gasteiger partial charge in [-0.2, -0.15) is 0 Å². The van der Waals surface area contributed by atoms with Crippen LogP contribution in [0.25, 0.3) is 0 Å². The van der Waals surface area contributed by atoms with Gasteiger partial charge in [-0.3, -0.25) is 0 Å². The molecule has 1 atom stereocenters. The number of rotatable bonds is 5. The largest absolute Gasteiger partial charge is 0.354 e. The summed E-state index contributed by atoms with van der Waals surface area (Å²) in [5, 5.41) is 3.38. The summed E-state index contributed by atoms with van der Waals surface area (Å²) in [6, 6.07) is 8.77. The third kappa shape index (κ3) is 4.75. The van der Waals surface area contributed by atoms with Crippen molar-refractivity contribution < 1.29 is 8.42 Å². The number of nitrogens with zero attached hydrogens (tertiary/aromatic N) is 4. The van der Waals surface area contributed by atoms with Crippen LogP contribution in [0.15, 0.2) is 30.5 Å². The fourth-order valence-corrected chi connectivity index (χ4v) is 5.39. The van der Waals surface area contributed by atoms with Gasteiger partial charge in [0.1, 0.15) is 17.5 Å². The third-order valence-electron chi connectivity index (χ3n) is 6.25. The highest BCUT2D eigenvalue weighted by Crippen LogP contribution is 2.34. The summed E-state index contributed by atoms with van der Waals surface area (Å²) in [6.07, 6.45) is 7.11. The molecule has 8 heteroatoms. The molecule has 4 rings (SSSR count). The van der Waals surface area contributed by atoms with Crippen LogP contribution in [0.2, 0.25) is 0 Å². The summed E-state index contributed by atoms with van der Waals surface area (Å²) in [6.45, 7) is 6.46. The summed E-state index contributed by atoms with van der Waals surface area (Å²) >= 11 is 0. The van der Waals surface area contributed by atoms with E-state index in [-0.39, 0.29) is 0 Å². The summed E-state index contributed by atoms with van der Waals surface area (Å²) < 4.78 is 25.3. The lowest BCUT2D eigenvalue weighted by atomic mass is 9.90.